The van der Waals surface area contributed by atoms with Crippen molar-refractivity contribution in [3.63, 3.8) is 0 Å². The molecule has 4 rings (SSSR count). The van der Waals surface area contributed by atoms with E-state index in [4.69, 9.17) is 5.26 Å². The van der Waals surface area contributed by atoms with Crippen LogP contribution in [0.3, 0.4) is 0 Å². The van der Waals surface area contributed by atoms with Gasteiger partial charge in [0.25, 0.3) is 5.91 Å². The topological polar surface area (TPSA) is 81.5 Å². The van der Waals surface area contributed by atoms with Gasteiger partial charge in [-0.25, -0.2) is 4.90 Å². The summed E-state index contributed by atoms with van der Waals surface area (Å²) in [6.45, 7) is 8.69. The van der Waals surface area contributed by atoms with E-state index in [-0.39, 0.29) is 40.9 Å². The fraction of sp³-hybridized carbons (Fsp3) is 0.407. The molecular formula is C27H29N3O3. The lowest BCUT2D eigenvalue weighted by Gasteiger charge is -2.29. The van der Waals surface area contributed by atoms with Gasteiger partial charge in [0.05, 0.1) is 23.7 Å². The number of anilines is 1. The zero-order valence-corrected chi connectivity index (χ0v) is 19.5. The van der Waals surface area contributed by atoms with Gasteiger partial charge in [0.1, 0.15) is 6.04 Å². The molecule has 1 atom stereocenters. The Morgan fingerprint density at radius 1 is 1.03 bits per heavy atom. The van der Waals surface area contributed by atoms with Crippen molar-refractivity contribution in [2.75, 3.05) is 11.4 Å². The van der Waals surface area contributed by atoms with Crippen LogP contribution in [0.2, 0.25) is 0 Å². The second kappa shape index (κ2) is 8.15. The number of amides is 3. The summed E-state index contributed by atoms with van der Waals surface area (Å²) < 4.78 is 0. The molecule has 1 aliphatic carbocycles. The Hall–Kier alpha value is -3.46. The highest BCUT2D eigenvalue weighted by molar-refractivity contribution is 6.23. The van der Waals surface area contributed by atoms with E-state index in [0.29, 0.717) is 24.2 Å². The number of carbonyl (C=O) groups is 3. The van der Waals surface area contributed by atoms with Crippen molar-refractivity contribution in [1.82, 2.24) is 4.90 Å². The van der Waals surface area contributed by atoms with Crippen LogP contribution in [0.15, 0.2) is 54.6 Å². The number of imide groups is 1. The lowest BCUT2D eigenvalue weighted by Crippen LogP contribution is -2.47. The predicted octanol–water partition coefficient (Wildman–Crippen LogP) is 3.94. The SMILES string of the molecule is CC1(C)C(C(=O)N(CCc2ccccc2)C2CC(=O)N(c3ccc(C#N)cc3)C2=O)C1(C)C. The van der Waals surface area contributed by atoms with Gasteiger partial charge in [-0.1, -0.05) is 58.0 Å². The second-order valence-electron chi connectivity index (χ2n) is 10.1. The first-order valence-electron chi connectivity index (χ1n) is 11.3. The second-order valence-corrected chi connectivity index (χ2v) is 10.1. The monoisotopic (exact) mass is 443 g/mol. The van der Waals surface area contributed by atoms with E-state index in [1.165, 1.54) is 0 Å². The number of rotatable bonds is 6. The van der Waals surface area contributed by atoms with E-state index in [1.54, 1.807) is 29.2 Å². The number of nitrogens with zero attached hydrogens (tertiary/aromatic N) is 3. The van der Waals surface area contributed by atoms with Gasteiger partial charge in [0.2, 0.25) is 11.8 Å². The third-order valence-electron chi connectivity index (χ3n) is 7.79. The molecule has 33 heavy (non-hydrogen) atoms. The van der Waals surface area contributed by atoms with E-state index in [9.17, 15) is 14.4 Å². The normalized spacial score (nSPS) is 21.1. The molecule has 0 aromatic heterocycles. The first-order valence-corrected chi connectivity index (χ1v) is 11.3. The van der Waals surface area contributed by atoms with E-state index in [2.05, 4.69) is 27.7 Å². The van der Waals surface area contributed by atoms with Crippen molar-refractivity contribution in [2.24, 2.45) is 16.7 Å². The molecule has 0 radical (unpaired) electrons. The van der Waals surface area contributed by atoms with Gasteiger partial charge in [-0.15, -0.1) is 0 Å². The summed E-state index contributed by atoms with van der Waals surface area (Å²) in [4.78, 5) is 42.9. The first kappa shape index (κ1) is 22.7. The highest BCUT2D eigenvalue weighted by Crippen LogP contribution is 2.69. The van der Waals surface area contributed by atoms with Crippen LogP contribution in [0, 0.1) is 28.1 Å². The molecule has 2 fully saturated rings. The summed E-state index contributed by atoms with van der Waals surface area (Å²) in [7, 11) is 0. The Bertz CT molecular complexity index is 1120. The molecule has 1 saturated heterocycles. The van der Waals surface area contributed by atoms with Crippen molar-refractivity contribution in [3.05, 3.63) is 65.7 Å². The summed E-state index contributed by atoms with van der Waals surface area (Å²) in [6, 6.07) is 17.4. The minimum absolute atomic E-state index is 0.0348. The van der Waals surface area contributed by atoms with Gasteiger partial charge in [-0.05, 0) is 47.1 Å². The Labute approximate surface area is 194 Å². The third-order valence-corrected chi connectivity index (χ3v) is 7.79. The molecule has 1 unspecified atom stereocenters. The number of benzene rings is 2. The fourth-order valence-corrected chi connectivity index (χ4v) is 5.11. The number of carbonyl (C=O) groups excluding carboxylic acids is 3. The Morgan fingerprint density at radius 3 is 2.18 bits per heavy atom. The molecule has 0 spiro atoms. The van der Waals surface area contributed by atoms with Crippen LogP contribution in [0.25, 0.3) is 0 Å². The van der Waals surface area contributed by atoms with E-state index >= 15 is 0 Å². The first-order chi connectivity index (χ1) is 15.6. The third kappa shape index (κ3) is 3.82. The summed E-state index contributed by atoms with van der Waals surface area (Å²) in [6.07, 6.45) is 0.571. The van der Waals surface area contributed by atoms with Gasteiger partial charge >= 0.3 is 0 Å². The van der Waals surface area contributed by atoms with E-state index < -0.39 is 6.04 Å². The maximum absolute atomic E-state index is 13.7. The Balaban J connectivity index is 1.62. The smallest absolute Gasteiger partial charge is 0.257 e. The molecule has 1 aliphatic heterocycles. The Kier molecular flexibility index (Phi) is 5.61. The van der Waals surface area contributed by atoms with Crippen LogP contribution in [0.5, 0.6) is 0 Å². The van der Waals surface area contributed by atoms with Crippen molar-refractivity contribution < 1.29 is 14.4 Å². The fourth-order valence-electron chi connectivity index (χ4n) is 5.11. The highest BCUT2D eigenvalue weighted by atomic mass is 16.2. The molecule has 2 aromatic rings. The minimum atomic E-state index is -0.823. The standard InChI is InChI=1S/C27H29N3O3/c1-26(2)23(27(26,3)4)25(33)29(15-14-18-8-6-5-7-9-18)21-16-22(31)30(24(21)32)20-12-10-19(17-28)11-13-20/h5-13,21,23H,14-16H2,1-4H3. The molecule has 1 saturated carbocycles. The number of hydrogen-bond donors (Lipinski definition) is 0. The van der Waals surface area contributed by atoms with Crippen LogP contribution in [0.1, 0.15) is 45.2 Å². The molecule has 1 heterocycles. The van der Waals surface area contributed by atoms with Gasteiger partial charge in [0.15, 0.2) is 0 Å². The van der Waals surface area contributed by atoms with Crippen LogP contribution in [0.4, 0.5) is 5.69 Å². The van der Waals surface area contributed by atoms with Crippen LogP contribution in [-0.2, 0) is 20.8 Å². The maximum Gasteiger partial charge on any atom is 0.257 e. The molecular weight excluding hydrogens is 414 g/mol. The van der Waals surface area contributed by atoms with Crippen LogP contribution < -0.4 is 4.90 Å². The largest absolute Gasteiger partial charge is 0.329 e. The van der Waals surface area contributed by atoms with Gasteiger partial charge in [0, 0.05) is 12.5 Å². The van der Waals surface area contributed by atoms with Crippen molar-refractivity contribution in [1.29, 1.82) is 5.26 Å². The molecule has 6 nitrogen and oxygen atoms in total. The maximum atomic E-state index is 13.7. The van der Waals surface area contributed by atoms with Crippen molar-refractivity contribution in [2.45, 2.75) is 46.6 Å². The number of hydrogen-bond acceptors (Lipinski definition) is 4. The summed E-state index contributed by atoms with van der Waals surface area (Å²) >= 11 is 0. The van der Waals surface area contributed by atoms with Crippen LogP contribution in [-0.4, -0.2) is 35.2 Å². The minimum Gasteiger partial charge on any atom is -0.329 e. The van der Waals surface area contributed by atoms with Gasteiger partial charge < -0.3 is 4.90 Å². The summed E-state index contributed by atoms with van der Waals surface area (Å²) in [5.74, 6) is -0.981. The van der Waals surface area contributed by atoms with E-state index in [1.807, 2.05) is 36.4 Å². The van der Waals surface area contributed by atoms with Gasteiger partial charge in [-0.2, -0.15) is 5.26 Å². The average Bonchev–Trinajstić information content (AvgIpc) is 3.02. The van der Waals surface area contributed by atoms with Crippen LogP contribution >= 0.6 is 0 Å². The quantitative estimate of drug-likeness (QED) is 0.633. The predicted molar refractivity (Wildman–Crippen MR) is 125 cm³/mol. The molecule has 170 valence electrons. The molecule has 0 bridgehead atoms. The highest BCUT2D eigenvalue weighted by Gasteiger charge is 2.69. The summed E-state index contributed by atoms with van der Waals surface area (Å²) in [5.41, 5.74) is 1.60. The average molecular weight is 444 g/mol. The number of nitriles is 1. The van der Waals surface area contributed by atoms with Crippen molar-refractivity contribution >= 4 is 23.4 Å². The van der Waals surface area contributed by atoms with E-state index in [0.717, 1.165) is 10.5 Å². The molecule has 6 heteroatoms. The lowest BCUT2D eigenvalue weighted by molar-refractivity contribution is -0.140. The molecule has 0 N–H and O–H groups in total. The zero-order chi connectivity index (χ0) is 24.0. The Morgan fingerprint density at radius 2 is 1.64 bits per heavy atom. The molecule has 3 amide bonds. The molecule has 2 aromatic carbocycles. The van der Waals surface area contributed by atoms with Crippen molar-refractivity contribution in [3.8, 4) is 6.07 Å². The molecule has 2 aliphatic rings. The summed E-state index contributed by atoms with van der Waals surface area (Å²) in [5, 5.41) is 9.03. The zero-order valence-electron chi connectivity index (χ0n) is 19.5. The van der Waals surface area contributed by atoms with Gasteiger partial charge in [-0.3, -0.25) is 14.4 Å². The lowest BCUT2D eigenvalue weighted by atomic mass is 10.0.